The predicted octanol–water partition coefficient (Wildman–Crippen LogP) is 6.28. The van der Waals surface area contributed by atoms with E-state index in [-0.39, 0.29) is 0 Å². The molecule has 0 aromatic heterocycles. The zero-order valence-corrected chi connectivity index (χ0v) is 14.7. The Morgan fingerprint density at radius 2 is 1.23 bits per heavy atom. The highest BCUT2D eigenvalue weighted by Crippen LogP contribution is 2.20. The highest BCUT2D eigenvalue weighted by molar-refractivity contribution is 14.1. The summed E-state index contributed by atoms with van der Waals surface area (Å²) in [6.07, 6.45) is 6.33. The van der Waals surface area contributed by atoms with E-state index < -0.39 is 0 Å². The van der Waals surface area contributed by atoms with Crippen LogP contribution in [0, 0.1) is 0 Å². The number of unbranched alkanes of at least 4 members (excludes halogenated alkanes) is 2. The van der Waals surface area contributed by atoms with Crippen LogP contribution in [0.1, 0.15) is 32.1 Å². The largest absolute Gasteiger partial charge is 0.0587 e. The maximum atomic E-state index is 3.33. The first-order chi connectivity index (χ1) is 6.20. The maximum absolute atomic E-state index is 3.33. The van der Waals surface area contributed by atoms with Gasteiger partial charge in [-0.05, 0) is 88.0 Å². The summed E-state index contributed by atoms with van der Waals surface area (Å²) in [5, 5.41) is 0. The van der Waals surface area contributed by atoms with Crippen LogP contribution in [-0.2, 0) is 0 Å². The first kappa shape index (κ1) is 14.9. The summed E-state index contributed by atoms with van der Waals surface area (Å²) in [6.45, 7) is 0. The van der Waals surface area contributed by atoms with Crippen LogP contribution in [0.25, 0.3) is 0 Å². The van der Waals surface area contributed by atoms with Crippen molar-refractivity contribution < 1.29 is 0 Å². The topological polar surface area (TPSA) is 0 Å². The minimum atomic E-state index is 1.21. The molecule has 4 heteroatoms. The molecule has 13 heavy (non-hydrogen) atoms. The van der Waals surface area contributed by atoms with Gasteiger partial charge in [0.2, 0.25) is 0 Å². The average molecular weight is 534 g/mol. The molecular formula is C9H12Br2I2. The van der Waals surface area contributed by atoms with Gasteiger partial charge in [0, 0.05) is 0 Å². The minimum Gasteiger partial charge on any atom is -0.0587 e. The van der Waals surface area contributed by atoms with E-state index in [2.05, 4.69) is 77.0 Å². The molecule has 0 saturated heterocycles. The second-order valence-corrected chi connectivity index (χ2v) is 6.36. The Bertz CT molecular complexity index is 168. The highest BCUT2D eigenvalue weighted by atomic mass is 127. The van der Waals surface area contributed by atoms with E-state index in [1.165, 1.54) is 39.3 Å². The molecule has 0 radical (unpaired) electrons. The smallest absolute Gasteiger partial charge is 0.00250 e. The first-order valence-electron chi connectivity index (χ1n) is 4.10. The van der Waals surface area contributed by atoms with Crippen molar-refractivity contribution in [2.24, 2.45) is 0 Å². The summed E-state index contributed by atoms with van der Waals surface area (Å²) in [5.74, 6) is 0. The standard InChI is InChI=1S/C9H12Br2I2/c10-6-8(12)4-2-1-3-5-9(13)7-11/h6-7H,1-5H2/b8-6-,9-7-. The highest BCUT2D eigenvalue weighted by Gasteiger charge is 1.94. The van der Waals surface area contributed by atoms with E-state index >= 15 is 0 Å². The van der Waals surface area contributed by atoms with Gasteiger partial charge in [-0.2, -0.15) is 0 Å². The van der Waals surface area contributed by atoms with E-state index in [9.17, 15) is 0 Å². The molecule has 0 unspecified atom stereocenters. The maximum Gasteiger partial charge on any atom is -0.00250 e. The van der Waals surface area contributed by atoms with Gasteiger partial charge < -0.3 is 0 Å². The zero-order valence-electron chi connectivity index (χ0n) is 7.20. The lowest BCUT2D eigenvalue weighted by Crippen LogP contribution is -1.78. The minimum absolute atomic E-state index is 1.21. The number of rotatable bonds is 6. The molecule has 0 aliphatic carbocycles. The molecular weight excluding hydrogens is 522 g/mol. The van der Waals surface area contributed by atoms with Gasteiger partial charge in [0.05, 0.1) is 0 Å². The van der Waals surface area contributed by atoms with Crippen LogP contribution in [-0.4, -0.2) is 0 Å². The predicted molar refractivity (Wildman–Crippen MR) is 85.1 cm³/mol. The lowest BCUT2D eigenvalue weighted by molar-refractivity contribution is 0.694. The lowest BCUT2D eigenvalue weighted by atomic mass is 10.1. The first-order valence-corrected chi connectivity index (χ1v) is 8.09. The van der Waals surface area contributed by atoms with Crippen molar-refractivity contribution in [3.05, 3.63) is 17.1 Å². The average Bonchev–Trinajstić information content (AvgIpc) is 2.16. The van der Waals surface area contributed by atoms with E-state index in [0.29, 0.717) is 0 Å². The summed E-state index contributed by atoms with van der Waals surface area (Å²) in [5.41, 5.74) is 0. The van der Waals surface area contributed by atoms with Crippen LogP contribution in [0.5, 0.6) is 0 Å². The quantitative estimate of drug-likeness (QED) is 0.278. The van der Waals surface area contributed by atoms with Crippen molar-refractivity contribution >= 4 is 77.0 Å². The van der Waals surface area contributed by atoms with E-state index in [4.69, 9.17) is 0 Å². The Balaban J connectivity index is 3.27. The van der Waals surface area contributed by atoms with Crippen molar-refractivity contribution in [2.45, 2.75) is 32.1 Å². The third kappa shape index (κ3) is 10.2. The molecule has 0 bridgehead atoms. The fourth-order valence-electron chi connectivity index (χ4n) is 0.874. The van der Waals surface area contributed by atoms with E-state index in [1.54, 1.807) is 0 Å². The SMILES string of the molecule is Br/C=C(\I)CCCCC/C(I)=C/Br. The molecule has 76 valence electrons. The molecule has 0 N–H and O–H groups in total. The molecule has 0 aromatic carbocycles. The Kier molecular flexibility index (Phi) is 11.9. The summed E-state index contributed by atoms with van der Waals surface area (Å²) in [6, 6.07) is 0. The van der Waals surface area contributed by atoms with Crippen molar-refractivity contribution in [1.29, 1.82) is 0 Å². The Labute approximate surface area is 125 Å². The van der Waals surface area contributed by atoms with Crippen LogP contribution in [0.2, 0.25) is 0 Å². The van der Waals surface area contributed by atoms with Gasteiger partial charge in [-0.1, -0.05) is 38.3 Å². The van der Waals surface area contributed by atoms with Crippen molar-refractivity contribution in [2.75, 3.05) is 0 Å². The molecule has 0 aliphatic rings. The molecule has 0 spiro atoms. The third-order valence-electron chi connectivity index (χ3n) is 1.57. The zero-order chi connectivity index (χ0) is 10.1. The summed E-state index contributed by atoms with van der Waals surface area (Å²) in [4.78, 5) is 4.02. The van der Waals surface area contributed by atoms with Crippen molar-refractivity contribution in [3.63, 3.8) is 0 Å². The van der Waals surface area contributed by atoms with Crippen LogP contribution in [0.15, 0.2) is 17.1 Å². The van der Waals surface area contributed by atoms with Crippen LogP contribution < -0.4 is 0 Å². The lowest BCUT2D eigenvalue weighted by Gasteiger charge is -1.99. The molecule has 0 saturated carbocycles. The van der Waals surface area contributed by atoms with Crippen molar-refractivity contribution in [1.82, 2.24) is 0 Å². The van der Waals surface area contributed by atoms with E-state index in [0.717, 1.165) is 0 Å². The van der Waals surface area contributed by atoms with Crippen molar-refractivity contribution in [3.8, 4) is 0 Å². The second kappa shape index (κ2) is 10.4. The molecule has 0 nitrogen and oxygen atoms in total. The fraction of sp³-hybridized carbons (Fsp3) is 0.556. The van der Waals surface area contributed by atoms with E-state index in [1.807, 2.05) is 9.97 Å². The normalized spacial score (nSPS) is 13.5. The van der Waals surface area contributed by atoms with Crippen LogP contribution >= 0.6 is 77.0 Å². The van der Waals surface area contributed by atoms with Gasteiger partial charge >= 0.3 is 0 Å². The molecule has 0 atom stereocenters. The molecule has 0 aliphatic heterocycles. The summed E-state index contributed by atoms with van der Waals surface area (Å²) >= 11 is 11.4. The molecule has 0 heterocycles. The van der Waals surface area contributed by atoms with Gasteiger partial charge in [-0.25, -0.2) is 0 Å². The number of halogens is 4. The summed E-state index contributed by atoms with van der Waals surface area (Å²) < 4.78 is 2.81. The number of allylic oxidation sites excluding steroid dienone is 2. The Hall–Kier alpha value is 1.90. The van der Waals surface area contributed by atoms with Gasteiger partial charge in [0.15, 0.2) is 0 Å². The van der Waals surface area contributed by atoms with Crippen LogP contribution in [0.3, 0.4) is 0 Å². The van der Waals surface area contributed by atoms with Gasteiger partial charge in [0.1, 0.15) is 0 Å². The Morgan fingerprint density at radius 1 is 0.846 bits per heavy atom. The Morgan fingerprint density at radius 3 is 1.54 bits per heavy atom. The molecule has 0 aromatic rings. The second-order valence-electron chi connectivity index (χ2n) is 2.67. The van der Waals surface area contributed by atoms with Gasteiger partial charge in [-0.3, -0.25) is 0 Å². The summed E-state index contributed by atoms with van der Waals surface area (Å²) in [7, 11) is 0. The third-order valence-corrected chi connectivity index (χ3v) is 6.09. The fourth-order valence-corrected chi connectivity index (χ4v) is 2.09. The van der Waals surface area contributed by atoms with Gasteiger partial charge in [0.25, 0.3) is 0 Å². The monoisotopic (exact) mass is 532 g/mol. The molecule has 0 amide bonds. The number of hydrogen-bond acceptors (Lipinski definition) is 0. The molecule has 0 fully saturated rings. The molecule has 0 rings (SSSR count). The van der Waals surface area contributed by atoms with Crippen LogP contribution in [0.4, 0.5) is 0 Å². The number of hydrogen-bond donors (Lipinski definition) is 0. The van der Waals surface area contributed by atoms with Gasteiger partial charge in [-0.15, -0.1) is 0 Å².